The molecule has 1 aromatic carbocycles. The Bertz CT molecular complexity index is 531. The third kappa shape index (κ3) is 3.91. The highest BCUT2D eigenvalue weighted by atomic mass is 16.3. The van der Waals surface area contributed by atoms with Crippen LogP contribution in [0.3, 0.4) is 0 Å². The number of carbonyl (C=O) groups is 1. The maximum absolute atomic E-state index is 12.3. The van der Waals surface area contributed by atoms with Crippen LogP contribution in [-0.4, -0.2) is 49.8 Å². The Morgan fingerprint density at radius 1 is 1.32 bits per heavy atom. The summed E-state index contributed by atoms with van der Waals surface area (Å²) in [6.07, 6.45) is 2.63. The van der Waals surface area contributed by atoms with Crippen molar-refractivity contribution in [3.05, 3.63) is 23.8 Å². The van der Waals surface area contributed by atoms with E-state index in [1.165, 1.54) is 0 Å². The van der Waals surface area contributed by atoms with Crippen LogP contribution in [0, 0.1) is 12.8 Å². The second-order valence-corrected chi connectivity index (χ2v) is 6.46. The van der Waals surface area contributed by atoms with E-state index in [-0.39, 0.29) is 18.1 Å². The smallest absolute Gasteiger partial charge is 0.321 e. The third-order valence-electron chi connectivity index (χ3n) is 4.44. The van der Waals surface area contributed by atoms with E-state index >= 15 is 0 Å². The fourth-order valence-corrected chi connectivity index (χ4v) is 2.94. The molecule has 122 valence electrons. The first-order chi connectivity index (χ1) is 10.4. The molecule has 0 radical (unpaired) electrons. The lowest BCUT2D eigenvalue weighted by molar-refractivity contribution is 0.116. The Morgan fingerprint density at radius 3 is 2.59 bits per heavy atom. The average molecular weight is 305 g/mol. The SMILES string of the molecule is Cc1cc(N(C)C)ccc1NC(=O)N(C)CC1CCCC1O. The summed E-state index contributed by atoms with van der Waals surface area (Å²) >= 11 is 0. The Hall–Kier alpha value is -1.75. The summed E-state index contributed by atoms with van der Waals surface area (Å²) in [6, 6.07) is 5.85. The van der Waals surface area contributed by atoms with Crippen LogP contribution in [0.5, 0.6) is 0 Å². The van der Waals surface area contributed by atoms with Gasteiger partial charge in [0.25, 0.3) is 0 Å². The monoisotopic (exact) mass is 305 g/mol. The second kappa shape index (κ2) is 7.01. The minimum atomic E-state index is -0.267. The van der Waals surface area contributed by atoms with Crippen molar-refractivity contribution in [3.8, 4) is 0 Å². The standard InChI is InChI=1S/C17H27N3O2/c1-12-10-14(19(2)3)8-9-15(12)18-17(22)20(4)11-13-6-5-7-16(13)21/h8-10,13,16,21H,5-7,11H2,1-4H3,(H,18,22). The molecule has 5 heteroatoms. The number of benzene rings is 1. The van der Waals surface area contributed by atoms with E-state index in [1.807, 2.05) is 38.1 Å². The van der Waals surface area contributed by atoms with Crippen LogP contribution in [0.25, 0.3) is 0 Å². The molecule has 0 bridgehead atoms. The number of carbonyl (C=O) groups excluding carboxylic acids is 1. The maximum atomic E-state index is 12.3. The largest absolute Gasteiger partial charge is 0.393 e. The van der Waals surface area contributed by atoms with Crippen LogP contribution >= 0.6 is 0 Å². The molecule has 1 aliphatic rings. The Balaban J connectivity index is 1.96. The highest BCUT2D eigenvalue weighted by molar-refractivity contribution is 5.90. The van der Waals surface area contributed by atoms with Crippen molar-refractivity contribution >= 4 is 17.4 Å². The van der Waals surface area contributed by atoms with Gasteiger partial charge in [-0.15, -0.1) is 0 Å². The summed E-state index contributed by atoms with van der Waals surface area (Å²) in [5, 5.41) is 12.8. The van der Waals surface area contributed by atoms with Crippen molar-refractivity contribution in [2.45, 2.75) is 32.3 Å². The number of rotatable bonds is 4. The van der Waals surface area contributed by atoms with Gasteiger partial charge in [0.05, 0.1) is 6.10 Å². The summed E-state index contributed by atoms with van der Waals surface area (Å²) in [5.74, 6) is 0.202. The molecule has 0 aromatic heterocycles. The molecule has 2 amide bonds. The fraction of sp³-hybridized carbons (Fsp3) is 0.588. The number of nitrogens with zero attached hydrogens (tertiary/aromatic N) is 2. The number of aryl methyl sites for hydroxylation is 1. The average Bonchev–Trinajstić information content (AvgIpc) is 2.86. The van der Waals surface area contributed by atoms with Gasteiger partial charge in [-0.2, -0.15) is 0 Å². The molecule has 1 aliphatic carbocycles. The Kier molecular flexibility index (Phi) is 5.29. The number of aliphatic hydroxyl groups is 1. The predicted octanol–water partition coefficient (Wildman–Crippen LogP) is 2.69. The topological polar surface area (TPSA) is 55.8 Å². The molecule has 0 spiro atoms. The lowest BCUT2D eigenvalue weighted by atomic mass is 10.1. The van der Waals surface area contributed by atoms with E-state index in [0.717, 1.165) is 36.2 Å². The molecule has 0 saturated heterocycles. The van der Waals surface area contributed by atoms with Crippen molar-refractivity contribution in [2.24, 2.45) is 5.92 Å². The zero-order valence-electron chi connectivity index (χ0n) is 14.0. The van der Waals surface area contributed by atoms with Gasteiger partial charge in [-0.25, -0.2) is 4.79 Å². The molecule has 2 unspecified atom stereocenters. The first-order valence-corrected chi connectivity index (χ1v) is 7.86. The van der Waals surface area contributed by atoms with Gasteiger partial charge >= 0.3 is 6.03 Å². The summed E-state index contributed by atoms with van der Waals surface area (Å²) in [7, 11) is 5.77. The number of aliphatic hydroxyl groups excluding tert-OH is 1. The normalized spacial score (nSPS) is 20.8. The molecule has 0 aliphatic heterocycles. The van der Waals surface area contributed by atoms with Gasteiger partial charge in [0.1, 0.15) is 0 Å². The summed E-state index contributed by atoms with van der Waals surface area (Å²) in [5.41, 5.74) is 2.97. The minimum Gasteiger partial charge on any atom is -0.393 e. The first kappa shape index (κ1) is 16.6. The summed E-state index contributed by atoms with van der Waals surface area (Å²) in [4.78, 5) is 16.0. The number of urea groups is 1. The minimum absolute atomic E-state index is 0.125. The molecule has 2 N–H and O–H groups in total. The zero-order valence-corrected chi connectivity index (χ0v) is 14.0. The lowest BCUT2D eigenvalue weighted by Gasteiger charge is -2.24. The maximum Gasteiger partial charge on any atom is 0.321 e. The quantitative estimate of drug-likeness (QED) is 0.899. The van der Waals surface area contributed by atoms with Crippen molar-refractivity contribution in [2.75, 3.05) is 37.9 Å². The first-order valence-electron chi connectivity index (χ1n) is 7.86. The number of nitrogens with one attached hydrogen (secondary N) is 1. The predicted molar refractivity (Wildman–Crippen MR) is 90.5 cm³/mol. The van der Waals surface area contributed by atoms with Gasteiger partial charge in [0.2, 0.25) is 0 Å². The molecule has 1 fully saturated rings. The number of hydrogen-bond acceptors (Lipinski definition) is 3. The Labute approximate surface area is 132 Å². The van der Waals surface area contributed by atoms with Gasteiger partial charge in [0.15, 0.2) is 0 Å². The second-order valence-electron chi connectivity index (χ2n) is 6.46. The molecule has 2 rings (SSSR count). The van der Waals surface area contributed by atoms with E-state index in [9.17, 15) is 9.90 Å². The highest BCUT2D eigenvalue weighted by Crippen LogP contribution is 2.26. The van der Waals surface area contributed by atoms with Crippen LogP contribution in [0.1, 0.15) is 24.8 Å². The van der Waals surface area contributed by atoms with Crippen molar-refractivity contribution in [1.82, 2.24) is 4.90 Å². The van der Waals surface area contributed by atoms with E-state index in [4.69, 9.17) is 0 Å². The Morgan fingerprint density at radius 2 is 2.05 bits per heavy atom. The van der Waals surface area contributed by atoms with E-state index < -0.39 is 0 Å². The third-order valence-corrected chi connectivity index (χ3v) is 4.44. The van der Waals surface area contributed by atoms with Crippen molar-refractivity contribution in [3.63, 3.8) is 0 Å². The van der Waals surface area contributed by atoms with Gasteiger partial charge in [0, 0.05) is 45.0 Å². The van der Waals surface area contributed by atoms with Crippen molar-refractivity contribution in [1.29, 1.82) is 0 Å². The lowest BCUT2D eigenvalue weighted by Crippen LogP contribution is -2.37. The molecule has 1 aromatic rings. The van der Waals surface area contributed by atoms with Gasteiger partial charge in [-0.05, 0) is 43.5 Å². The van der Waals surface area contributed by atoms with E-state index in [1.54, 1.807) is 11.9 Å². The zero-order chi connectivity index (χ0) is 16.3. The number of anilines is 2. The van der Waals surface area contributed by atoms with Gasteiger partial charge in [-0.1, -0.05) is 6.42 Å². The molecular weight excluding hydrogens is 278 g/mol. The van der Waals surface area contributed by atoms with E-state index in [2.05, 4.69) is 11.4 Å². The van der Waals surface area contributed by atoms with Crippen LogP contribution in [0.4, 0.5) is 16.2 Å². The van der Waals surface area contributed by atoms with E-state index in [0.29, 0.717) is 6.54 Å². The molecule has 0 heterocycles. The fourth-order valence-electron chi connectivity index (χ4n) is 2.94. The summed E-state index contributed by atoms with van der Waals surface area (Å²) < 4.78 is 0. The molecule has 2 atom stereocenters. The van der Waals surface area contributed by atoms with Crippen LogP contribution < -0.4 is 10.2 Å². The summed E-state index contributed by atoms with van der Waals surface area (Å²) in [6.45, 7) is 2.59. The number of hydrogen-bond donors (Lipinski definition) is 2. The van der Waals surface area contributed by atoms with Gasteiger partial charge < -0.3 is 20.2 Å². The van der Waals surface area contributed by atoms with Crippen LogP contribution in [0.2, 0.25) is 0 Å². The van der Waals surface area contributed by atoms with Crippen LogP contribution in [-0.2, 0) is 0 Å². The molecular formula is C17H27N3O2. The molecule has 22 heavy (non-hydrogen) atoms. The number of amides is 2. The highest BCUT2D eigenvalue weighted by Gasteiger charge is 2.27. The van der Waals surface area contributed by atoms with Crippen LogP contribution in [0.15, 0.2) is 18.2 Å². The molecule has 1 saturated carbocycles. The van der Waals surface area contributed by atoms with Gasteiger partial charge in [-0.3, -0.25) is 0 Å². The molecule has 5 nitrogen and oxygen atoms in total. The van der Waals surface area contributed by atoms with Crippen molar-refractivity contribution < 1.29 is 9.90 Å².